The van der Waals surface area contributed by atoms with Crippen molar-refractivity contribution in [2.45, 2.75) is 30.4 Å². The van der Waals surface area contributed by atoms with Crippen LogP contribution in [0.3, 0.4) is 0 Å². The van der Waals surface area contributed by atoms with Crippen LogP contribution in [0.4, 0.5) is 5.13 Å². The standard InChI is InChI=1S/C22H23Cl2N3O3S3/c1-2-9-27(22-25-19(14-32-22)17-6-5-16(23)13-18(17)24)21(28)15-7-10-26(11-8-15)33(29,30)20-4-3-12-31-20/h3-6,12-15H,2,7-11H2,1H3. The van der Waals surface area contributed by atoms with Gasteiger partial charge in [-0.25, -0.2) is 13.4 Å². The van der Waals surface area contributed by atoms with Crippen LogP contribution >= 0.6 is 45.9 Å². The maximum atomic E-state index is 13.4. The smallest absolute Gasteiger partial charge is 0.252 e. The molecule has 0 unspecified atom stereocenters. The molecule has 4 rings (SSSR count). The van der Waals surface area contributed by atoms with Gasteiger partial charge in [-0.3, -0.25) is 9.69 Å². The van der Waals surface area contributed by atoms with Crippen LogP contribution < -0.4 is 4.90 Å². The Morgan fingerprint density at radius 1 is 1.21 bits per heavy atom. The Kier molecular flexibility index (Phi) is 7.77. The molecule has 6 nitrogen and oxygen atoms in total. The second-order valence-electron chi connectivity index (χ2n) is 7.74. The second-order valence-corrected chi connectivity index (χ2v) is 12.5. The van der Waals surface area contributed by atoms with Gasteiger partial charge < -0.3 is 0 Å². The fraction of sp³-hybridized carbons (Fsp3) is 0.364. The lowest BCUT2D eigenvalue weighted by atomic mass is 9.96. The van der Waals surface area contributed by atoms with Gasteiger partial charge in [0.15, 0.2) is 5.13 Å². The normalized spacial score (nSPS) is 15.6. The minimum Gasteiger partial charge on any atom is -0.288 e. The van der Waals surface area contributed by atoms with Gasteiger partial charge in [-0.2, -0.15) is 4.31 Å². The van der Waals surface area contributed by atoms with Gasteiger partial charge in [-0.1, -0.05) is 36.2 Å². The van der Waals surface area contributed by atoms with Crippen molar-refractivity contribution in [1.82, 2.24) is 9.29 Å². The molecule has 3 heterocycles. The van der Waals surface area contributed by atoms with Gasteiger partial charge >= 0.3 is 0 Å². The fourth-order valence-electron chi connectivity index (χ4n) is 3.83. The Morgan fingerprint density at radius 3 is 2.61 bits per heavy atom. The average molecular weight is 545 g/mol. The number of hydrogen-bond acceptors (Lipinski definition) is 6. The first kappa shape index (κ1) is 24.6. The molecule has 1 saturated heterocycles. The predicted octanol–water partition coefficient (Wildman–Crippen LogP) is 6.02. The summed E-state index contributed by atoms with van der Waals surface area (Å²) in [6.07, 6.45) is 1.77. The predicted molar refractivity (Wildman–Crippen MR) is 136 cm³/mol. The van der Waals surface area contributed by atoms with Gasteiger partial charge in [0.1, 0.15) is 4.21 Å². The third-order valence-electron chi connectivity index (χ3n) is 5.54. The first-order chi connectivity index (χ1) is 15.8. The summed E-state index contributed by atoms with van der Waals surface area (Å²) in [5, 5.41) is 5.32. The molecule has 1 aliphatic heterocycles. The lowest BCUT2D eigenvalue weighted by Gasteiger charge is -2.32. The zero-order chi connectivity index (χ0) is 23.6. The molecule has 0 saturated carbocycles. The quantitative estimate of drug-likeness (QED) is 0.365. The number of benzene rings is 1. The van der Waals surface area contributed by atoms with Crippen molar-refractivity contribution in [3.63, 3.8) is 0 Å². The maximum absolute atomic E-state index is 13.4. The molecule has 0 aliphatic carbocycles. The van der Waals surface area contributed by atoms with Crippen LogP contribution in [0.25, 0.3) is 11.3 Å². The van der Waals surface area contributed by atoms with Crippen molar-refractivity contribution in [3.8, 4) is 11.3 Å². The van der Waals surface area contributed by atoms with Crippen LogP contribution in [0.1, 0.15) is 26.2 Å². The molecule has 3 aromatic rings. The van der Waals surface area contributed by atoms with Crippen LogP contribution in [-0.2, 0) is 14.8 Å². The minimum atomic E-state index is -3.49. The summed E-state index contributed by atoms with van der Waals surface area (Å²) >= 11 is 14.9. The number of thiazole rings is 1. The molecule has 176 valence electrons. The van der Waals surface area contributed by atoms with Crippen molar-refractivity contribution >= 4 is 66.9 Å². The molecule has 1 aliphatic rings. The monoisotopic (exact) mass is 543 g/mol. The second kappa shape index (κ2) is 10.4. The van der Waals surface area contributed by atoms with E-state index in [2.05, 4.69) is 4.98 Å². The number of aromatic nitrogens is 1. The lowest BCUT2D eigenvalue weighted by Crippen LogP contribution is -2.44. The molecule has 0 bridgehead atoms. The number of sulfonamides is 1. The molecule has 1 amide bonds. The third kappa shape index (κ3) is 5.28. The number of thiophene rings is 1. The molecule has 33 heavy (non-hydrogen) atoms. The highest BCUT2D eigenvalue weighted by atomic mass is 35.5. The highest BCUT2D eigenvalue weighted by Crippen LogP contribution is 2.35. The molecule has 11 heteroatoms. The molecule has 1 aromatic carbocycles. The molecule has 1 fully saturated rings. The van der Waals surface area contributed by atoms with E-state index in [4.69, 9.17) is 23.2 Å². The molecule has 2 aromatic heterocycles. The van der Waals surface area contributed by atoms with E-state index < -0.39 is 10.0 Å². The number of nitrogens with zero attached hydrogens (tertiary/aromatic N) is 3. The Morgan fingerprint density at radius 2 is 1.97 bits per heavy atom. The van der Waals surface area contributed by atoms with E-state index in [1.165, 1.54) is 27.0 Å². The van der Waals surface area contributed by atoms with Gasteiger partial charge in [-0.05, 0) is 48.9 Å². The van der Waals surface area contributed by atoms with E-state index in [1.54, 1.807) is 34.5 Å². The average Bonchev–Trinajstić information content (AvgIpc) is 3.50. The van der Waals surface area contributed by atoms with Crippen LogP contribution in [0, 0.1) is 5.92 Å². The van der Waals surface area contributed by atoms with E-state index in [0.717, 1.165) is 12.0 Å². The summed E-state index contributed by atoms with van der Waals surface area (Å²) in [5.41, 5.74) is 1.46. The number of halogens is 2. The summed E-state index contributed by atoms with van der Waals surface area (Å²) in [7, 11) is -3.49. The van der Waals surface area contributed by atoms with Gasteiger partial charge in [0.05, 0.1) is 10.7 Å². The largest absolute Gasteiger partial charge is 0.288 e. The fourth-order valence-corrected chi connectivity index (χ4v) is 7.81. The molecule has 0 radical (unpaired) electrons. The van der Waals surface area contributed by atoms with Gasteiger partial charge in [-0.15, -0.1) is 22.7 Å². The Bertz CT molecular complexity index is 1220. The maximum Gasteiger partial charge on any atom is 0.252 e. The van der Waals surface area contributed by atoms with Crippen LogP contribution in [0.2, 0.25) is 10.0 Å². The number of piperidine rings is 1. The summed E-state index contributed by atoms with van der Waals surface area (Å²) in [4.78, 5) is 19.8. The van der Waals surface area contributed by atoms with E-state index in [-0.39, 0.29) is 11.8 Å². The topological polar surface area (TPSA) is 70.6 Å². The number of hydrogen-bond donors (Lipinski definition) is 0. The molecular formula is C22H23Cl2N3O3S3. The number of carbonyl (C=O) groups excluding carboxylic acids is 1. The Hall–Kier alpha value is -1.49. The third-order valence-corrected chi connectivity index (χ3v) is 10.2. The molecule has 0 atom stereocenters. The van der Waals surface area contributed by atoms with E-state index in [1.807, 2.05) is 18.4 Å². The van der Waals surface area contributed by atoms with Gasteiger partial charge in [0, 0.05) is 41.5 Å². The van der Waals surface area contributed by atoms with E-state index >= 15 is 0 Å². The van der Waals surface area contributed by atoms with Crippen molar-refractivity contribution < 1.29 is 13.2 Å². The summed E-state index contributed by atoms with van der Waals surface area (Å²) in [5.74, 6) is -0.245. The highest BCUT2D eigenvalue weighted by molar-refractivity contribution is 7.91. The van der Waals surface area contributed by atoms with Crippen molar-refractivity contribution in [3.05, 3.63) is 51.1 Å². The van der Waals surface area contributed by atoms with E-state index in [9.17, 15) is 13.2 Å². The number of rotatable bonds is 7. The summed E-state index contributed by atoms with van der Waals surface area (Å²) in [6.45, 7) is 3.23. The minimum absolute atomic E-state index is 0.00637. The lowest BCUT2D eigenvalue weighted by molar-refractivity contribution is -0.123. The molecule has 0 N–H and O–H groups in total. The Labute approximate surface area is 211 Å². The van der Waals surface area contributed by atoms with Crippen LogP contribution in [0.15, 0.2) is 45.3 Å². The number of anilines is 1. The SMILES string of the molecule is CCCN(C(=O)C1CCN(S(=O)(=O)c2cccs2)CC1)c1nc(-c2ccc(Cl)cc2Cl)cs1. The van der Waals surface area contributed by atoms with Gasteiger partial charge in [0.25, 0.3) is 10.0 Å². The molecule has 0 spiro atoms. The zero-order valence-corrected chi connectivity index (χ0v) is 21.9. The number of amides is 1. The van der Waals surface area contributed by atoms with Crippen molar-refractivity contribution in [2.24, 2.45) is 5.92 Å². The van der Waals surface area contributed by atoms with Crippen molar-refractivity contribution in [2.75, 3.05) is 24.5 Å². The molecular weight excluding hydrogens is 521 g/mol. The van der Waals surface area contributed by atoms with Gasteiger partial charge in [0.2, 0.25) is 5.91 Å². The zero-order valence-electron chi connectivity index (χ0n) is 17.9. The summed E-state index contributed by atoms with van der Waals surface area (Å²) < 4.78 is 27.4. The first-order valence-electron chi connectivity index (χ1n) is 10.6. The first-order valence-corrected chi connectivity index (χ1v) is 14.5. The van der Waals surface area contributed by atoms with Crippen LogP contribution in [0.5, 0.6) is 0 Å². The Balaban J connectivity index is 1.48. The summed E-state index contributed by atoms with van der Waals surface area (Å²) in [6, 6.07) is 8.60. The number of carbonyl (C=O) groups is 1. The highest BCUT2D eigenvalue weighted by Gasteiger charge is 2.35. The van der Waals surface area contributed by atoms with Crippen LogP contribution in [-0.4, -0.2) is 43.2 Å². The van der Waals surface area contributed by atoms with E-state index in [0.29, 0.717) is 57.6 Å². The van der Waals surface area contributed by atoms with Crippen molar-refractivity contribution in [1.29, 1.82) is 0 Å².